The van der Waals surface area contributed by atoms with Crippen molar-refractivity contribution in [3.05, 3.63) is 29.3 Å². The van der Waals surface area contributed by atoms with Crippen molar-refractivity contribution in [3.63, 3.8) is 0 Å². The van der Waals surface area contributed by atoms with Crippen LogP contribution in [0.3, 0.4) is 0 Å². The minimum Gasteiger partial charge on any atom is -0.395 e. The van der Waals surface area contributed by atoms with Crippen molar-refractivity contribution in [2.24, 2.45) is 0 Å². The molecule has 82 valence electrons. The van der Waals surface area contributed by atoms with Crippen molar-refractivity contribution < 1.29 is 9.90 Å². The van der Waals surface area contributed by atoms with Gasteiger partial charge in [-0.05, 0) is 12.1 Å². The van der Waals surface area contributed by atoms with Crippen molar-refractivity contribution in [1.29, 1.82) is 0 Å². The van der Waals surface area contributed by atoms with E-state index in [0.717, 1.165) is 4.90 Å². The molecule has 0 heterocycles. The van der Waals surface area contributed by atoms with Crippen LogP contribution in [0.5, 0.6) is 0 Å². The topological polar surface area (TPSA) is 49.3 Å². The number of aliphatic hydroxyl groups is 1. The molecule has 1 rings (SSSR count). The molecule has 0 bridgehead atoms. The molecule has 0 radical (unpaired) electrons. The van der Waals surface area contributed by atoms with Gasteiger partial charge in [0.2, 0.25) is 5.91 Å². The Morgan fingerprint density at radius 3 is 2.87 bits per heavy atom. The van der Waals surface area contributed by atoms with Crippen LogP contribution in [0.2, 0.25) is 5.02 Å². The highest BCUT2D eigenvalue weighted by atomic mass is 35.5. The van der Waals surface area contributed by atoms with Gasteiger partial charge in [0.15, 0.2) is 0 Å². The predicted molar refractivity (Wildman–Crippen MR) is 62.3 cm³/mol. The summed E-state index contributed by atoms with van der Waals surface area (Å²) in [6.07, 6.45) is 0. The maximum Gasteiger partial charge on any atom is 0.230 e. The molecule has 5 heteroatoms. The molecule has 1 aromatic rings. The molecule has 0 aliphatic rings. The summed E-state index contributed by atoms with van der Waals surface area (Å²) in [4.78, 5) is 12.1. The van der Waals surface area contributed by atoms with E-state index in [0.29, 0.717) is 17.3 Å². The van der Waals surface area contributed by atoms with Crippen LogP contribution < -0.4 is 5.32 Å². The summed E-state index contributed by atoms with van der Waals surface area (Å²) in [5.74, 6) is 0.206. The van der Waals surface area contributed by atoms with Gasteiger partial charge in [0, 0.05) is 11.4 Å². The molecule has 2 N–H and O–H groups in total. The Morgan fingerprint density at radius 2 is 2.20 bits per heavy atom. The van der Waals surface area contributed by atoms with Gasteiger partial charge < -0.3 is 10.4 Å². The molecule has 0 aromatic heterocycles. The summed E-state index contributed by atoms with van der Waals surface area (Å²) in [5, 5.41) is 11.7. The van der Waals surface area contributed by atoms with Gasteiger partial charge in [0.25, 0.3) is 0 Å². The number of carbonyl (C=O) groups excluding carboxylic acids is 1. The Morgan fingerprint density at radius 1 is 1.47 bits per heavy atom. The van der Waals surface area contributed by atoms with Crippen LogP contribution in [-0.2, 0) is 4.79 Å². The Kier molecular flexibility index (Phi) is 5.53. The number of carbonyl (C=O) groups is 1. The number of hydrogen-bond donors (Lipinski definition) is 2. The number of thioether (sulfide) groups is 1. The quantitative estimate of drug-likeness (QED) is 0.774. The Labute approximate surface area is 97.8 Å². The first-order valence-electron chi connectivity index (χ1n) is 4.49. The minimum atomic E-state index is -0.103. The van der Waals surface area contributed by atoms with E-state index in [4.69, 9.17) is 16.7 Å². The number of rotatable bonds is 5. The van der Waals surface area contributed by atoms with Crippen molar-refractivity contribution >= 4 is 29.3 Å². The third-order valence-corrected chi connectivity index (χ3v) is 3.14. The lowest BCUT2D eigenvalue weighted by Crippen LogP contribution is -2.27. The van der Waals surface area contributed by atoms with E-state index in [-0.39, 0.29) is 12.5 Å². The van der Waals surface area contributed by atoms with E-state index < -0.39 is 0 Å². The van der Waals surface area contributed by atoms with E-state index in [1.165, 1.54) is 11.8 Å². The Bertz CT molecular complexity index is 333. The fourth-order valence-corrected chi connectivity index (χ4v) is 2.02. The van der Waals surface area contributed by atoms with Crippen molar-refractivity contribution in [1.82, 2.24) is 5.32 Å². The predicted octanol–water partition coefficient (Wildman–Crippen LogP) is 1.54. The molecule has 0 aliphatic heterocycles. The van der Waals surface area contributed by atoms with E-state index in [1.807, 2.05) is 18.2 Å². The highest BCUT2D eigenvalue weighted by Crippen LogP contribution is 2.25. The molecule has 0 spiro atoms. The lowest BCUT2D eigenvalue weighted by molar-refractivity contribution is -0.118. The van der Waals surface area contributed by atoms with E-state index in [2.05, 4.69) is 5.32 Å². The van der Waals surface area contributed by atoms with Gasteiger partial charge in [-0.1, -0.05) is 23.7 Å². The van der Waals surface area contributed by atoms with Crippen LogP contribution in [0, 0.1) is 0 Å². The normalized spacial score (nSPS) is 10.0. The number of hydrogen-bond acceptors (Lipinski definition) is 3. The average molecular weight is 246 g/mol. The molecule has 0 fully saturated rings. The van der Waals surface area contributed by atoms with Gasteiger partial charge in [-0.25, -0.2) is 0 Å². The molecule has 15 heavy (non-hydrogen) atoms. The van der Waals surface area contributed by atoms with E-state index in [9.17, 15) is 4.79 Å². The number of nitrogens with one attached hydrogen (secondary N) is 1. The molecular weight excluding hydrogens is 234 g/mol. The monoisotopic (exact) mass is 245 g/mol. The second-order valence-electron chi connectivity index (χ2n) is 2.79. The minimum absolute atomic E-state index is 0.0392. The van der Waals surface area contributed by atoms with Gasteiger partial charge in [0.05, 0.1) is 17.4 Å². The third kappa shape index (κ3) is 4.55. The molecular formula is C10H12ClNO2S. The van der Waals surface area contributed by atoms with Crippen LogP contribution in [0.15, 0.2) is 29.2 Å². The van der Waals surface area contributed by atoms with Gasteiger partial charge in [-0.2, -0.15) is 0 Å². The number of benzene rings is 1. The summed E-state index contributed by atoms with van der Waals surface area (Å²) >= 11 is 7.30. The van der Waals surface area contributed by atoms with Crippen LogP contribution >= 0.6 is 23.4 Å². The Balaban J connectivity index is 2.37. The summed E-state index contributed by atoms with van der Waals surface area (Å²) < 4.78 is 0. The van der Waals surface area contributed by atoms with Gasteiger partial charge >= 0.3 is 0 Å². The zero-order valence-electron chi connectivity index (χ0n) is 8.07. The van der Waals surface area contributed by atoms with Gasteiger partial charge in [0.1, 0.15) is 0 Å². The third-order valence-electron chi connectivity index (χ3n) is 1.63. The first kappa shape index (κ1) is 12.4. The van der Waals surface area contributed by atoms with Crippen LogP contribution in [0.1, 0.15) is 0 Å². The average Bonchev–Trinajstić information content (AvgIpc) is 2.25. The van der Waals surface area contributed by atoms with Gasteiger partial charge in [-0.3, -0.25) is 4.79 Å². The van der Waals surface area contributed by atoms with E-state index in [1.54, 1.807) is 6.07 Å². The largest absolute Gasteiger partial charge is 0.395 e. The molecule has 3 nitrogen and oxygen atoms in total. The van der Waals surface area contributed by atoms with Crippen LogP contribution in [-0.4, -0.2) is 29.9 Å². The standard InChI is InChI=1S/C10H12ClNO2S/c11-8-3-1-2-4-9(8)15-7-10(14)12-5-6-13/h1-4,13H,5-7H2,(H,12,14). The maximum atomic E-state index is 11.2. The highest BCUT2D eigenvalue weighted by molar-refractivity contribution is 8.00. The zero-order chi connectivity index (χ0) is 11.1. The molecule has 0 saturated heterocycles. The van der Waals surface area contributed by atoms with Crippen molar-refractivity contribution in [2.45, 2.75) is 4.90 Å². The molecule has 0 unspecified atom stereocenters. The second-order valence-corrected chi connectivity index (χ2v) is 4.22. The Hall–Kier alpha value is -0.710. The van der Waals surface area contributed by atoms with Gasteiger partial charge in [-0.15, -0.1) is 11.8 Å². The molecule has 1 aromatic carbocycles. The van der Waals surface area contributed by atoms with Crippen LogP contribution in [0.25, 0.3) is 0 Å². The molecule has 0 atom stereocenters. The number of halogens is 1. The SMILES string of the molecule is O=C(CSc1ccccc1Cl)NCCO. The fraction of sp³-hybridized carbons (Fsp3) is 0.300. The number of amides is 1. The summed E-state index contributed by atoms with van der Waals surface area (Å²) in [5.41, 5.74) is 0. The maximum absolute atomic E-state index is 11.2. The zero-order valence-corrected chi connectivity index (χ0v) is 9.64. The first-order chi connectivity index (χ1) is 7.24. The lowest BCUT2D eigenvalue weighted by Gasteiger charge is -2.04. The fourth-order valence-electron chi connectivity index (χ4n) is 0.951. The summed E-state index contributed by atoms with van der Waals surface area (Å²) in [7, 11) is 0. The highest BCUT2D eigenvalue weighted by Gasteiger charge is 2.04. The summed E-state index contributed by atoms with van der Waals surface area (Å²) in [6.45, 7) is 0.254. The lowest BCUT2D eigenvalue weighted by atomic mass is 10.4. The summed E-state index contributed by atoms with van der Waals surface area (Å²) in [6, 6.07) is 7.37. The van der Waals surface area contributed by atoms with Crippen molar-refractivity contribution in [2.75, 3.05) is 18.9 Å². The van der Waals surface area contributed by atoms with Crippen molar-refractivity contribution in [3.8, 4) is 0 Å². The molecule has 0 saturated carbocycles. The number of aliphatic hydroxyl groups excluding tert-OH is 1. The molecule has 1 amide bonds. The van der Waals surface area contributed by atoms with E-state index >= 15 is 0 Å². The van der Waals surface area contributed by atoms with Crippen LogP contribution in [0.4, 0.5) is 0 Å². The smallest absolute Gasteiger partial charge is 0.230 e. The molecule has 0 aliphatic carbocycles. The first-order valence-corrected chi connectivity index (χ1v) is 5.85. The second kappa shape index (κ2) is 6.71.